The van der Waals surface area contributed by atoms with Crippen molar-refractivity contribution in [2.45, 2.75) is 28.7 Å². The van der Waals surface area contributed by atoms with Crippen LogP contribution in [0.1, 0.15) is 37.1 Å². The van der Waals surface area contributed by atoms with Gasteiger partial charge in [0.05, 0.1) is 21.0 Å². The number of nitrogens with one attached hydrogen (secondary N) is 2. The predicted octanol–water partition coefficient (Wildman–Crippen LogP) is 8.22. The maximum Gasteiger partial charge on any atom is 0.175 e. The quantitative estimate of drug-likeness (QED) is 0.0985. The number of alkyl halides is 1. The molecule has 0 atom stereocenters. The van der Waals surface area contributed by atoms with Gasteiger partial charge in [-0.15, -0.1) is 11.3 Å². The summed E-state index contributed by atoms with van der Waals surface area (Å²) >= 11 is 15.9. The van der Waals surface area contributed by atoms with E-state index in [1.165, 1.54) is 0 Å². The predicted molar refractivity (Wildman–Crippen MR) is 167 cm³/mol. The summed E-state index contributed by atoms with van der Waals surface area (Å²) in [7, 11) is 0. The van der Waals surface area contributed by atoms with Gasteiger partial charge in [0.15, 0.2) is 5.78 Å². The van der Waals surface area contributed by atoms with Gasteiger partial charge >= 0.3 is 0 Å². The lowest BCUT2D eigenvalue weighted by Gasteiger charge is -1.94. The van der Waals surface area contributed by atoms with E-state index in [-0.39, 0.29) is 20.6 Å². The fourth-order valence-corrected chi connectivity index (χ4v) is 4.54. The minimum Gasteiger partial charge on any atom is -0.394 e. The van der Waals surface area contributed by atoms with Crippen LogP contribution in [0.2, 0.25) is 0 Å². The number of thiazole rings is 1. The molecule has 5 heterocycles. The number of thiocarbonyl (C=S) groups is 1. The van der Waals surface area contributed by atoms with E-state index in [0.717, 1.165) is 47.3 Å². The lowest BCUT2D eigenvalue weighted by Crippen LogP contribution is -1.98. The largest absolute Gasteiger partial charge is 0.394 e. The number of fused-ring (bicyclic) bond motifs is 2. The Bertz CT molecular complexity index is 1460. The third-order valence-electron chi connectivity index (χ3n) is 4.31. The molecule has 4 N–H and O–H groups in total. The van der Waals surface area contributed by atoms with Crippen LogP contribution in [0.15, 0.2) is 51.2 Å². The first-order chi connectivity index (χ1) is 16.2. The van der Waals surface area contributed by atoms with E-state index >= 15 is 0 Å². The van der Waals surface area contributed by atoms with Crippen LogP contribution in [-0.4, -0.2) is 41.0 Å². The molecule has 0 fully saturated rings. The number of carbonyl (C=O) groups is 1. The van der Waals surface area contributed by atoms with Gasteiger partial charge in [-0.1, -0.05) is 43.0 Å². The smallest absolute Gasteiger partial charge is 0.175 e. The van der Waals surface area contributed by atoms with Crippen molar-refractivity contribution in [3.63, 3.8) is 0 Å². The van der Waals surface area contributed by atoms with E-state index < -0.39 is 0 Å². The van der Waals surface area contributed by atoms with Crippen LogP contribution in [0, 0.1) is 6.92 Å². The Labute approximate surface area is 245 Å². The minimum atomic E-state index is 0. The molecule has 0 radical (unpaired) electrons. The summed E-state index contributed by atoms with van der Waals surface area (Å²) in [6.45, 7) is 3.69. The number of carbonyl (C=O) groups excluding carboxylic acids is 1. The van der Waals surface area contributed by atoms with Gasteiger partial charge in [0.25, 0.3) is 0 Å². The Kier molecular flexibility index (Phi) is 13.1. The van der Waals surface area contributed by atoms with Crippen molar-refractivity contribution in [2.75, 3.05) is 5.33 Å². The van der Waals surface area contributed by atoms with Crippen molar-refractivity contribution in [2.24, 2.45) is 5.73 Å². The number of Topliss-reactive ketones (excluding diaryl/α,β-unsaturated/α-hetero) is 1. The van der Waals surface area contributed by atoms with E-state index in [1.807, 2.05) is 19.2 Å². The molecule has 0 aromatic carbocycles. The molecule has 5 aromatic rings. The molecule has 0 aliphatic carbocycles. The number of nitrogens with zero attached hydrogens (tertiary/aromatic N) is 3. The highest BCUT2D eigenvalue weighted by Gasteiger charge is 2.11. The van der Waals surface area contributed by atoms with Crippen molar-refractivity contribution in [3.8, 4) is 11.3 Å². The third-order valence-corrected chi connectivity index (χ3v) is 6.46. The number of hydrogen-bond acceptors (Lipinski definition) is 6. The molecule has 7 nitrogen and oxygen atoms in total. The first-order valence-corrected chi connectivity index (χ1v) is 13.7. The number of nitrogens with two attached hydrogens (primary N) is 1. The van der Waals surface area contributed by atoms with Gasteiger partial charge in [-0.3, -0.25) is 4.79 Å². The number of pyridine rings is 2. The number of hydrogen-bond donors (Lipinski definition) is 3. The molecular weight excluding hydrogens is 692 g/mol. The minimum absolute atomic E-state index is 0. The standard InChI is InChI=1S/C11H8BrN3S.C9H6Br2N2O.C2H5NS.2CH4/c1-6-15-10(5-16-6)9-4-14-11-8(9)2-7(12)3-13-11;10-2-8(14)7-4-13-9-6(7)1-5(11)3-12-9;1-2(3)4;;/h2-5H,1H3,(H,13,14);1,3-4H,2H2,(H,12,13);1H3,(H2,3,4);2*1H4. The molecule has 0 aliphatic rings. The summed E-state index contributed by atoms with van der Waals surface area (Å²) in [5, 5.41) is 5.42. The number of rotatable bonds is 3. The van der Waals surface area contributed by atoms with E-state index in [4.69, 9.17) is 5.73 Å². The monoisotopic (exact) mass is 716 g/mol. The summed E-state index contributed by atoms with van der Waals surface area (Å²) in [5.41, 5.74) is 9.25. The third kappa shape index (κ3) is 8.27. The van der Waals surface area contributed by atoms with Crippen LogP contribution >= 0.6 is 71.3 Å². The van der Waals surface area contributed by atoms with Gasteiger partial charge in [-0.25, -0.2) is 15.0 Å². The summed E-state index contributed by atoms with van der Waals surface area (Å²) in [6.07, 6.45) is 7.13. The first-order valence-electron chi connectivity index (χ1n) is 9.72. The highest BCUT2D eigenvalue weighted by atomic mass is 79.9. The normalized spacial score (nSPS) is 9.81. The van der Waals surface area contributed by atoms with Crippen molar-refractivity contribution >= 4 is 104 Å². The molecule has 5 rings (SSSR count). The van der Waals surface area contributed by atoms with Gasteiger partial charge < -0.3 is 15.7 Å². The summed E-state index contributed by atoms with van der Waals surface area (Å²) < 4.78 is 1.85. The summed E-state index contributed by atoms with van der Waals surface area (Å²) in [4.78, 5) is 31.0. The molecule has 0 spiro atoms. The average molecular weight is 719 g/mol. The van der Waals surface area contributed by atoms with Crippen LogP contribution in [0.4, 0.5) is 0 Å². The summed E-state index contributed by atoms with van der Waals surface area (Å²) in [5.74, 6) is 0.0520. The number of aromatic nitrogens is 5. The van der Waals surface area contributed by atoms with Crippen molar-refractivity contribution in [1.82, 2.24) is 24.9 Å². The second-order valence-corrected chi connectivity index (χ2v) is 11.0. The molecular formula is C24H27Br3N6OS2. The Morgan fingerprint density at radius 1 is 1.06 bits per heavy atom. The maximum atomic E-state index is 11.5. The van der Waals surface area contributed by atoms with Gasteiger partial charge in [0, 0.05) is 61.0 Å². The fraction of sp³-hybridized carbons (Fsp3) is 0.208. The van der Waals surface area contributed by atoms with Crippen LogP contribution in [-0.2, 0) is 0 Å². The number of aromatic amines is 2. The second kappa shape index (κ2) is 14.7. The topological polar surface area (TPSA) is 113 Å². The van der Waals surface area contributed by atoms with E-state index in [9.17, 15) is 4.79 Å². The van der Waals surface area contributed by atoms with E-state index in [2.05, 4.69) is 96.4 Å². The van der Waals surface area contributed by atoms with Crippen molar-refractivity contribution < 1.29 is 4.79 Å². The zero-order valence-electron chi connectivity index (χ0n) is 18.0. The number of halogens is 3. The average Bonchev–Trinajstić information content (AvgIpc) is 3.50. The molecule has 0 saturated carbocycles. The highest BCUT2D eigenvalue weighted by Crippen LogP contribution is 2.30. The van der Waals surface area contributed by atoms with Gasteiger partial charge in [-0.05, 0) is 57.8 Å². The van der Waals surface area contributed by atoms with E-state index in [1.54, 1.807) is 36.9 Å². The second-order valence-electron chi connectivity index (χ2n) is 6.92. The molecule has 36 heavy (non-hydrogen) atoms. The zero-order valence-corrected chi connectivity index (χ0v) is 24.4. The molecule has 5 aromatic heterocycles. The van der Waals surface area contributed by atoms with Crippen molar-refractivity contribution in [1.29, 1.82) is 0 Å². The van der Waals surface area contributed by atoms with E-state index in [0.29, 0.717) is 15.9 Å². The van der Waals surface area contributed by atoms with Crippen LogP contribution < -0.4 is 5.73 Å². The number of aryl methyl sites for hydroxylation is 1. The zero-order chi connectivity index (χ0) is 24.8. The first kappa shape index (κ1) is 32.0. The molecule has 12 heteroatoms. The molecule has 0 aliphatic heterocycles. The Morgan fingerprint density at radius 2 is 1.58 bits per heavy atom. The van der Waals surface area contributed by atoms with Crippen LogP contribution in [0.25, 0.3) is 33.3 Å². The molecule has 0 amide bonds. The molecule has 0 unspecified atom stereocenters. The molecule has 0 saturated heterocycles. The number of H-pyrrole nitrogens is 2. The summed E-state index contributed by atoms with van der Waals surface area (Å²) in [6, 6.07) is 3.94. The lowest BCUT2D eigenvalue weighted by atomic mass is 10.2. The van der Waals surface area contributed by atoms with Crippen LogP contribution in [0.5, 0.6) is 0 Å². The number of ketones is 1. The molecule has 192 valence electrons. The maximum absolute atomic E-state index is 11.5. The van der Waals surface area contributed by atoms with Gasteiger partial charge in [-0.2, -0.15) is 0 Å². The fourth-order valence-electron chi connectivity index (χ4n) is 2.96. The van der Waals surface area contributed by atoms with Crippen molar-refractivity contribution in [3.05, 3.63) is 61.8 Å². The van der Waals surface area contributed by atoms with Gasteiger partial charge in [0.2, 0.25) is 0 Å². The highest BCUT2D eigenvalue weighted by molar-refractivity contribution is 9.10. The van der Waals surface area contributed by atoms with Crippen LogP contribution in [0.3, 0.4) is 0 Å². The Hall–Kier alpha value is -1.99. The SMILES string of the molecule is C.C.CC(N)=S.Cc1nc(-c2c[nH]c3ncc(Br)cc23)cs1.O=C(CBr)c1c[nH]c2ncc(Br)cc12. The Morgan fingerprint density at radius 3 is 2.11 bits per heavy atom. The molecule has 0 bridgehead atoms. The Balaban J connectivity index is 0.000000302. The van der Waals surface area contributed by atoms with Gasteiger partial charge in [0.1, 0.15) is 11.3 Å². The lowest BCUT2D eigenvalue weighted by molar-refractivity contribution is 0.102.